The quantitative estimate of drug-likeness (QED) is 0.188. The van der Waals surface area contributed by atoms with Crippen molar-refractivity contribution in [3.8, 4) is 5.75 Å². The lowest BCUT2D eigenvalue weighted by Crippen LogP contribution is -2.39. The van der Waals surface area contributed by atoms with E-state index < -0.39 is 24.1 Å². The molecule has 5 N–H and O–H groups in total. The van der Waals surface area contributed by atoms with Gasteiger partial charge in [-0.1, -0.05) is 66.7 Å². The maximum absolute atomic E-state index is 9.83. The average Bonchev–Trinajstić information content (AvgIpc) is 2.98. The van der Waals surface area contributed by atoms with Crippen molar-refractivity contribution in [3.05, 3.63) is 101 Å². The minimum absolute atomic E-state index is 0.0254. The Bertz CT molecular complexity index is 1210. The molecule has 0 saturated carbocycles. The van der Waals surface area contributed by atoms with Crippen molar-refractivity contribution in [2.45, 2.75) is 77.5 Å². The number of rotatable bonds is 14. The first-order valence-electron chi connectivity index (χ1n) is 14.0. The molecular formula is C33H43NO8. The van der Waals surface area contributed by atoms with Crippen molar-refractivity contribution < 1.29 is 39.9 Å². The fourth-order valence-corrected chi connectivity index (χ4v) is 4.68. The highest BCUT2D eigenvalue weighted by Gasteiger charge is 2.29. The van der Waals surface area contributed by atoms with Crippen LogP contribution in [0.25, 0.3) is 0 Å². The highest BCUT2D eigenvalue weighted by molar-refractivity contribution is 5.83. The first-order valence-corrected chi connectivity index (χ1v) is 14.0. The second kappa shape index (κ2) is 17.3. The van der Waals surface area contributed by atoms with Crippen molar-refractivity contribution in [1.82, 2.24) is 4.90 Å². The lowest BCUT2D eigenvalue weighted by Gasteiger charge is -2.32. The van der Waals surface area contributed by atoms with Gasteiger partial charge in [0.25, 0.3) is 0 Å². The normalized spacial score (nSPS) is 13.3. The van der Waals surface area contributed by atoms with Crippen molar-refractivity contribution >= 4 is 11.9 Å². The Morgan fingerprint density at radius 3 is 1.76 bits per heavy atom. The van der Waals surface area contributed by atoms with Crippen LogP contribution >= 0.6 is 0 Å². The van der Waals surface area contributed by atoms with Gasteiger partial charge in [0, 0.05) is 23.6 Å². The van der Waals surface area contributed by atoms with E-state index in [1.807, 2.05) is 30.3 Å². The molecule has 3 atom stereocenters. The summed E-state index contributed by atoms with van der Waals surface area (Å²) in [5.74, 6) is -2.46. The van der Waals surface area contributed by atoms with Crippen LogP contribution in [0, 0.1) is 0 Å². The van der Waals surface area contributed by atoms with Gasteiger partial charge >= 0.3 is 11.9 Å². The summed E-state index contributed by atoms with van der Waals surface area (Å²) in [4.78, 5) is 22.1. The van der Waals surface area contributed by atoms with E-state index in [-0.39, 0.29) is 12.5 Å². The molecule has 42 heavy (non-hydrogen) atoms. The minimum atomic E-state index is -2.27. The van der Waals surface area contributed by atoms with Gasteiger partial charge in [0.1, 0.15) is 12.4 Å². The Hall–Kier alpha value is -3.76. The SMILES string of the molecule is CC(C)N(CC[C@H](c1ccccc1)c1cc(CO)ccc1OCc1ccccc1)C(C)C.O=C(O)C(O)C(O)C(=O)O. The molecule has 0 aliphatic carbocycles. The molecule has 3 aromatic rings. The molecule has 0 amide bonds. The van der Waals surface area contributed by atoms with Crippen molar-refractivity contribution in [3.63, 3.8) is 0 Å². The molecule has 0 aromatic heterocycles. The summed E-state index contributed by atoms with van der Waals surface area (Å²) >= 11 is 0. The molecule has 0 saturated heterocycles. The fourth-order valence-electron chi connectivity index (χ4n) is 4.68. The lowest BCUT2D eigenvalue weighted by atomic mass is 9.86. The van der Waals surface area contributed by atoms with Crippen LogP contribution in [0.15, 0.2) is 78.9 Å². The number of carboxylic acids is 2. The third-order valence-corrected chi connectivity index (χ3v) is 6.88. The average molecular weight is 582 g/mol. The van der Waals surface area contributed by atoms with Gasteiger partial charge in [-0.15, -0.1) is 0 Å². The highest BCUT2D eigenvalue weighted by atomic mass is 16.5. The van der Waals surface area contributed by atoms with Crippen LogP contribution in [0.1, 0.15) is 62.3 Å². The Labute approximate surface area is 247 Å². The zero-order chi connectivity index (χ0) is 31.2. The number of hydrogen-bond donors (Lipinski definition) is 5. The zero-order valence-electron chi connectivity index (χ0n) is 24.6. The summed E-state index contributed by atoms with van der Waals surface area (Å²) in [5.41, 5.74) is 4.48. The number of carbonyl (C=O) groups is 2. The molecule has 2 unspecified atom stereocenters. The van der Waals surface area contributed by atoms with Crippen LogP contribution in [-0.2, 0) is 22.8 Å². The van der Waals surface area contributed by atoms with Crippen LogP contribution in [-0.4, -0.2) is 73.2 Å². The predicted octanol–water partition coefficient (Wildman–Crippen LogP) is 4.28. The van der Waals surface area contributed by atoms with Crippen molar-refractivity contribution in [2.75, 3.05) is 6.54 Å². The molecule has 0 aliphatic heterocycles. The van der Waals surface area contributed by atoms with Gasteiger partial charge < -0.3 is 30.3 Å². The van der Waals surface area contributed by atoms with Crippen LogP contribution < -0.4 is 4.74 Å². The number of ether oxygens (including phenoxy) is 1. The number of aliphatic hydroxyl groups excluding tert-OH is 3. The molecule has 0 heterocycles. The van der Waals surface area contributed by atoms with Gasteiger partial charge in [0.15, 0.2) is 12.2 Å². The third kappa shape index (κ3) is 10.6. The summed E-state index contributed by atoms with van der Waals surface area (Å²) in [6, 6.07) is 28.0. The van der Waals surface area contributed by atoms with E-state index in [1.165, 1.54) is 5.56 Å². The number of nitrogens with zero attached hydrogens (tertiary/aromatic N) is 1. The van der Waals surface area contributed by atoms with E-state index >= 15 is 0 Å². The van der Waals surface area contributed by atoms with Crippen LogP contribution in [0.4, 0.5) is 0 Å². The minimum Gasteiger partial charge on any atom is -0.489 e. The molecule has 0 radical (unpaired) electrons. The Morgan fingerprint density at radius 2 is 1.29 bits per heavy atom. The number of carboxylic acid groups (broad SMARTS) is 2. The van der Waals surface area contributed by atoms with Crippen molar-refractivity contribution in [2.24, 2.45) is 0 Å². The predicted molar refractivity (Wildman–Crippen MR) is 160 cm³/mol. The van der Waals surface area contributed by atoms with E-state index in [1.54, 1.807) is 0 Å². The van der Waals surface area contributed by atoms with E-state index in [0.717, 1.165) is 35.4 Å². The Kier molecular flexibility index (Phi) is 14.1. The summed E-state index contributed by atoms with van der Waals surface area (Å²) in [7, 11) is 0. The van der Waals surface area contributed by atoms with E-state index in [2.05, 4.69) is 81.1 Å². The van der Waals surface area contributed by atoms with Gasteiger partial charge in [0.2, 0.25) is 0 Å². The monoisotopic (exact) mass is 581 g/mol. The first-order chi connectivity index (χ1) is 20.0. The molecule has 228 valence electrons. The van der Waals surface area contributed by atoms with E-state index in [4.69, 9.17) is 25.2 Å². The van der Waals surface area contributed by atoms with Crippen LogP contribution in [0.2, 0.25) is 0 Å². The molecule has 3 aromatic carbocycles. The van der Waals surface area contributed by atoms with Crippen LogP contribution in [0.3, 0.4) is 0 Å². The fraction of sp³-hybridized carbons (Fsp3) is 0.394. The third-order valence-electron chi connectivity index (χ3n) is 6.88. The lowest BCUT2D eigenvalue weighted by molar-refractivity contribution is -0.165. The highest BCUT2D eigenvalue weighted by Crippen LogP contribution is 2.36. The molecular weight excluding hydrogens is 538 g/mol. The number of aliphatic carboxylic acids is 2. The number of aliphatic hydroxyl groups is 3. The topological polar surface area (TPSA) is 148 Å². The molecule has 0 spiro atoms. The molecule has 3 rings (SSSR count). The van der Waals surface area contributed by atoms with E-state index in [0.29, 0.717) is 18.7 Å². The van der Waals surface area contributed by atoms with E-state index in [9.17, 15) is 14.7 Å². The van der Waals surface area contributed by atoms with Gasteiger partial charge in [-0.3, -0.25) is 4.90 Å². The second-order valence-corrected chi connectivity index (χ2v) is 10.5. The van der Waals surface area contributed by atoms with Gasteiger partial charge in [0.05, 0.1) is 6.61 Å². The molecule has 0 bridgehead atoms. The zero-order valence-corrected chi connectivity index (χ0v) is 24.6. The van der Waals surface area contributed by atoms with Gasteiger partial charge in [-0.2, -0.15) is 0 Å². The molecule has 0 fully saturated rings. The molecule has 0 aliphatic rings. The maximum Gasteiger partial charge on any atom is 0.335 e. The Morgan fingerprint density at radius 1 is 0.762 bits per heavy atom. The first kappa shape index (κ1) is 34.4. The summed E-state index contributed by atoms with van der Waals surface area (Å²) < 4.78 is 6.33. The summed E-state index contributed by atoms with van der Waals surface area (Å²) in [5, 5.41) is 42.4. The molecule has 9 heteroatoms. The van der Waals surface area contributed by atoms with Crippen LogP contribution in [0.5, 0.6) is 5.75 Å². The smallest absolute Gasteiger partial charge is 0.335 e. The number of hydrogen-bond acceptors (Lipinski definition) is 7. The second-order valence-electron chi connectivity index (χ2n) is 10.5. The summed E-state index contributed by atoms with van der Waals surface area (Å²) in [6.07, 6.45) is -3.55. The molecule has 9 nitrogen and oxygen atoms in total. The summed E-state index contributed by atoms with van der Waals surface area (Å²) in [6.45, 7) is 10.6. The van der Waals surface area contributed by atoms with Gasteiger partial charge in [-0.05, 0) is 69.5 Å². The number of benzene rings is 3. The van der Waals surface area contributed by atoms with Crippen molar-refractivity contribution in [1.29, 1.82) is 0 Å². The van der Waals surface area contributed by atoms with Gasteiger partial charge in [-0.25, -0.2) is 9.59 Å². The maximum atomic E-state index is 9.83. The Balaban J connectivity index is 0.000000528. The standard InChI is InChI=1S/C29H37NO2.C4H6O6/c1-22(2)30(23(3)4)18-17-27(26-13-9-6-10-14-26)28-19-25(20-31)15-16-29(28)32-21-24-11-7-5-8-12-24;5-1(3(7)8)2(6)4(9)10/h5-16,19,22-23,27,31H,17-18,20-21H2,1-4H3;1-2,5-6H,(H,7,8)(H,9,10)/t27-;/m1./s1. The largest absolute Gasteiger partial charge is 0.489 e.